The van der Waals surface area contributed by atoms with Crippen molar-refractivity contribution in [3.63, 3.8) is 0 Å². The van der Waals surface area contributed by atoms with Crippen molar-refractivity contribution in [3.05, 3.63) is 62.2 Å². The summed E-state index contributed by atoms with van der Waals surface area (Å²) < 4.78 is 18.5. The predicted molar refractivity (Wildman–Crippen MR) is 129 cm³/mol. The van der Waals surface area contributed by atoms with Crippen LogP contribution in [0.1, 0.15) is 48.7 Å². The summed E-state index contributed by atoms with van der Waals surface area (Å²) in [6.07, 6.45) is 4.45. The minimum absolute atomic E-state index is 0.103. The van der Waals surface area contributed by atoms with E-state index in [1.165, 1.54) is 22.5 Å². The Labute approximate surface area is 194 Å². The van der Waals surface area contributed by atoms with Crippen molar-refractivity contribution in [1.29, 1.82) is 0 Å². The Morgan fingerprint density at radius 3 is 2.88 bits per heavy atom. The summed E-state index contributed by atoms with van der Waals surface area (Å²) in [5, 5.41) is 8.99. The van der Waals surface area contributed by atoms with Gasteiger partial charge in [0.25, 0.3) is 5.56 Å². The maximum atomic E-state index is 15.0. The Balaban J connectivity index is 1.48. The molecule has 4 aromatic rings. The zero-order valence-electron chi connectivity index (χ0n) is 18.6. The van der Waals surface area contributed by atoms with E-state index in [-0.39, 0.29) is 11.6 Å². The van der Waals surface area contributed by atoms with Gasteiger partial charge in [-0.1, -0.05) is 6.07 Å². The van der Waals surface area contributed by atoms with Gasteiger partial charge in [0.05, 0.1) is 16.6 Å². The summed E-state index contributed by atoms with van der Waals surface area (Å²) in [4.78, 5) is 23.0. The van der Waals surface area contributed by atoms with E-state index < -0.39 is 5.67 Å². The molecule has 0 atom stereocenters. The van der Waals surface area contributed by atoms with Crippen molar-refractivity contribution in [3.8, 4) is 5.69 Å². The second-order valence-electron chi connectivity index (χ2n) is 9.27. The summed E-state index contributed by atoms with van der Waals surface area (Å²) >= 11 is 1.35. The molecule has 4 heterocycles. The van der Waals surface area contributed by atoms with E-state index in [2.05, 4.69) is 27.8 Å². The van der Waals surface area contributed by atoms with E-state index in [4.69, 9.17) is 4.98 Å². The lowest BCUT2D eigenvalue weighted by molar-refractivity contribution is 0.226. The predicted octanol–water partition coefficient (Wildman–Crippen LogP) is 4.57. The number of anilines is 2. The molecule has 0 saturated heterocycles. The lowest BCUT2D eigenvalue weighted by atomic mass is 10.0. The van der Waals surface area contributed by atoms with Gasteiger partial charge in [-0.15, -0.1) is 11.3 Å². The molecular formula is C24H25FN6OS. The smallest absolute Gasteiger partial charge is 0.278 e. The molecule has 170 valence electrons. The van der Waals surface area contributed by atoms with Crippen molar-refractivity contribution in [2.75, 3.05) is 11.9 Å². The molecule has 0 amide bonds. The molecule has 6 rings (SSSR count). The van der Waals surface area contributed by atoms with Crippen molar-refractivity contribution in [2.45, 2.75) is 51.4 Å². The number of aromatic nitrogens is 4. The van der Waals surface area contributed by atoms with Crippen molar-refractivity contribution >= 4 is 34.0 Å². The van der Waals surface area contributed by atoms with E-state index >= 15 is 4.39 Å². The van der Waals surface area contributed by atoms with E-state index in [1.54, 1.807) is 29.4 Å². The summed E-state index contributed by atoms with van der Waals surface area (Å²) in [5.41, 5.74) is 3.00. The number of alkyl halides is 1. The van der Waals surface area contributed by atoms with Crippen LogP contribution in [-0.2, 0) is 18.6 Å². The highest BCUT2D eigenvalue weighted by Crippen LogP contribution is 2.39. The highest BCUT2D eigenvalue weighted by atomic mass is 32.1. The second-order valence-corrected chi connectivity index (χ2v) is 10.2. The van der Waals surface area contributed by atoms with Crippen LogP contribution in [0.5, 0.6) is 0 Å². The molecule has 9 heteroatoms. The van der Waals surface area contributed by atoms with Crippen molar-refractivity contribution in [2.24, 2.45) is 0 Å². The number of hydrogen-bond donors (Lipinski definition) is 2. The first kappa shape index (κ1) is 20.6. The fourth-order valence-electron chi connectivity index (χ4n) is 4.54. The average Bonchev–Trinajstić information content (AvgIpc) is 3.42. The van der Waals surface area contributed by atoms with Gasteiger partial charge in [0.1, 0.15) is 11.1 Å². The topological polar surface area (TPSA) is 76.8 Å². The van der Waals surface area contributed by atoms with Gasteiger partial charge < -0.3 is 10.6 Å². The van der Waals surface area contributed by atoms with Crippen LogP contribution in [0.3, 0.4) is 0 Å². The number of nitrogens with one attached hydrogen (secondary N) is 2. The first-order chi connectivity index (χ1) is 15.9. The third-order valence-electron chi connectivity index (χ3n) is 6.28. The quantitative estimate of drug-likeness (QED) is 0.452. The maximum Gasteiger partial charge on any atom is 0.278 e. The van der Waals surface area contributed by atoms with Crippen LogP contribution in [-0.4, -0.2) is 25.9 Å². The lowest BCUT2D eigenvalue weighted by Gasteiger charge is -2.18. The van der Waals surface area contributed by atoms with Crippen LogP contribution in [0.2, 0.25) is 0 Å². The second kappa shape index (κ2) is 7.50. The van der Waals surface area contributed by atoms with Gasteiger partial charge in [0, 0.05) is 18.4 Å². The fourth-order valence-corrected chi connectivity index (χ4v) is 5.43. The van der Waals surface area contributed by atoms with Gasteiger partial charge in [0.15, 0.2) is 5.65 Å². The molecule has 2 N–H and O–H groups in total. The van der Waals surface area contributed by atoms with Gasteiger partial charge >= 0.3 is 0 Å². The van der Waals surface area contributed by atoms with Crippen LogP contribution >= 0.6 is 11.3 Å². The summed E-state index contributed by atoms with van der Waals surface area (Å²) in [6, 6.07) is 8.25. The molecule has 1 aliphatic heterocycles. The molecule has 1 fully saturated rings. The summed E-state index contributed by atoms with van der Waals surface area (Å²) in [6.45, 7) is 4.92. The van der Waals surface area contributed by atoms with E-state index in [0.717, 1.165) is 38.0 Å². The average molecular weight is 465 g/mol. The van der Waals surface area contributed by atoms with Crippen molar-refractivity contribution < 1.29 is 4.39 Å². The largest absolute Gasteiger partial charge is 0.324 e. The Hall–Kier alpha value is -3.04. The highest BCUT2D eigenvalue weighted by Gasteiger charge is 2.33. The molecular weight excluding hydrogens is 439 g/mol. The molecule has 0 bridgehead atoms. The number of hydrogen-bond acceptors (Lipinski definition) is 6. The number of benzene rings is 1. The molecule has 7 nitrogen and oxygen atoms in total. The minimum Gasteiger partial charge on any atom is -0.324 e. The molecule has 1 saturated carbocycles. The Kier molecular flexibility index (Phi) is 4.67. The first-order valence-electron chi connectivity index (χ1n) is 11.3. The van der Waals surface area contributed by atoms with E-state index in [1.807, 2.05) is 17.5 Å². The SMILES string of the molecule is CC(C)(F)c1sccc1-n1c2nc(Nc3ccc4c(c3)CNCC4)ncc2c(=O)n1C1CC1. The van der Waals surface area contributed by atoms with Gasteiger partial charge in [-0.2, -0.15) is 4.98 Å². The third-order valence-corrected chi connectivity index (χ3v) is 7.48. The lowest BCUT2D eigenvalue weighted by Crippen LogP contribution is -2.23. The zero-order chi connectivity index (χ0) is 22.7. The standard InChI is InChI=1S/C24H25FN6OS/c1-24(2,25)20-19(8-10-33-20)31-21-18(22(32)30(31)17-5-6-17)13-27-23(29-21)28-16-4-3-14-7-9-26-12-15(14)11-16/h3-4,8,10-11,13,17,26H,5-7,9,12H2,1-2H3,(H,27,28,29). The normalized spacial score (nSPS) is 16.2. The van der Waals surface area contributed by atoms with E-state index in [0.29, 0.717) is 27.5 Å². The molecule has 0 radical (unpaired) electrons. The summed E-state index contributed by atoms with van der Waals surface area (Å²) in [7, 11) is 0. The zero-order valence-corrected chi connectivity index (χ0v) is 19.4. The number of rotatable bonds is 5. The van der Waals surface area contributed by atoms with Gasteiger partial charge in [-0.25, -0.2) is 18.7 Å². The summed E-state index contributed by atoms with van der Waals surface area (Å²) in [5.74, 6) is 0.407. The van der Waals surface area contributed by atoms with Gasteiger partial charge in [0.2, 0.25) is 5.95 Å². The Morgan fingerprint density at radius 2 is 2.09 bits per heavy atom. The number of fused-ring (bicyclic) bond motifs is 2. The number of thiophene rings is 1. The molecule has 0 unspecified atom stereocenters. The van der Waals surface area contributed by atoms with Crippen LogP contribution in [0.25, 0.3) is 16.7 Å². The van der Waals surface area contributed by atoms with Crippen molar-refractivity contribution in [1.82, 2.24) is 24.6 Å². The Bertz CT molecular complexity index is 1430. The van der Waals surface area contributed by atoms with Crippen LogP contribution in [0, 0.1) is 0 Å². The van der Waals surface area contributed by atoms with E-state index in [9.17, 15) is 4.79 Å². The van der Waals surface area contributed by atoms with Crippen LogP contribution < -0.4 is 16.2 Å². The monoisotopic (exact) mass is 464 g/mol. The Morgan fingerprint density at radius 1 is 1.24 bits per heavy atom. The first-order valence-corrected chi connectivity index (χ1v) is 12.2. The van der Waals surface area contributed by atoms with Gasteiger partial charge in [-0.05, 0) is 74.4 Å². The minimum atomic E-state index is -1.53. The molecule has 1 aliphatic carbocycles. The van der Waals surface area contributed by atoms with Crippen LogP contribution in [0.4, 0.5) is 16.0 Å². The number of halogens is 1. The fraction of sp³-hybridized carbons (Fsp3) is 0.375. The number of nitrogens with zero attached hydrogens (tertiary/aromatic N) is 4. The molecule has 33 heavy (non-hydrogen) atoms. The third kappa shape index (κ3) is 3.55. The van der Waals surface area contributed by atoms with Gasteiger partial charge in [-0.3, -0.25) is 4.79 Å². The molecule has 2 aliphatic rings. The maximum absolute atomic E-state index is 15.0. The highest BCUT2D eigenvalue weighted by molar-refractivity contribution is 7.10. The van der Waals surface area contributed by atoms with Crippen LogP contribution in [0.15, 0.2) is 40.6 Å². The molecule has 1 aromatic carbocycles. The molecule has 0 spiro atoms. The molecule has 3 aromatic heterocycles.